The molecular formula is C12H16BrNO3. The minimum Gasteiger partial charge on any atom is -0.496 e. The molecule has 0 spiro atoms. The first kappa shape index (κ1) is 14.2. The zero-order valence-electron chi connectivity index (χ0n) is 9.90. The van der Waals surface area contributed by atoms with Gasteiger partial charge in [-0.3, -0.25) is 4.79 Å². The molecule has 0 radical (unpaired) electrons. The van der Waals surface area contributed by atoms with Crippen molar-refractivity contribution in [2.45, 2.75) is 12.5 Å². The smallest absolute Gasteiger partial charge is 0.156 e. The van der Waals surface area contributed by atoms with Crippen molar-refractivity contribution in [3.05, 3.63) is 28.2 Å². The maximum atomic E-state index is 11.8. The second-order valence-electron chi connectivity index (χ2n) is 3.66. The summed E-state index contributed by atoms with van der Waals surface area (Å²) in [6.45, 7) is 0.231. The summed E-state index contributed by atoms with van der Waals surface area (Å²) >= 11 is 3.36. The van der Waals surface area contributed by atoms with E-state index < -0.39 is 6.04 Å². The third-order valence-electron chi connectivity index (χ3n) is 2.37. The van der Waals surface area contributed by atoms with E-state index in [1.54, 1.807) is 7.11 Å². The lowest BCUT2D eigenvalue weighted by Gasteiger charge is -2.12. The van der Waals surface area contributed by atoms with Gasteiger partial charge in [0.15, 0.2) is 5.78 Å². The molecule has 1 aromatic rings. The average Bonchev–Trinajstić information content (AvgIpc) is 2.29. The van der Waals surface area contributed by atoms with Gasteiger partial charge in [-0.1, -0.05) is 15.9 Å². The first-order valence-electron chi connectivity index (χ1n) is 5.18. The van der Waals surface area contributed by atoms with E-state index in [-0.39, 0.29) is 18.8 Å². The molecule has 0 aliphatic carbocycles. The maximum absolute atomic E-state index is 11.8. The molecule has 0 bridgehead atoms. The first-order chi connectivity index (χ1) is 8.08. The van der Waals surface area contributed by atoms with E-state index in [1.807, 2.05) is 18.2 Å². The van der Waals surface area contributed by atoms with Gasteiger partial charge in [-0.25, -0.2) is 0 Å². The van der Waals surface area contributed by atoms with Crippen LogP contribution in [0.15, 0.2) is 22.7 Å². The number of hydrogen-bond acceptors (Lipinski definition) is 4. The van der Waals surface area contributed by atoms with Crippen LogP contribution in [0.3, 0.4) is 0 Å². The first-order valence-corrected chi connectivity index (χ1v) is 5.97. The Hall–Kier alpha value is -0.910. The van der Waals surface area contributed by atoms with Gasteiger partial charge in [0.1, 0.15) is 5.75 Å². The topological polar surface area (TPSA) is 61.5 Å². The number of halogens is 1. The predicted molar refractivity (Wildman–Crippen MR) is 69.3 cm³/mol. The number of benzene rings is 1. The van der Waals surface area contributed by atoms with E-state index >= 15 is 0 Å². The molecular weight excluding hydrogens is 286 g/mol. The van der Waals surface area contributed by atoms with E-state index in [4.69, 9.17) is 15.2 Å². The van der Waals surface area contributed by atoms with Gasteiger partial charge in [-0.15, -0.1) is 0 Å². The van der Waals surface area contributed by atoms with Crippen LogP contribution in [0.25, 0.3) is 0 Å². The van der Waals surface area contributed by atoms with Crippen molar-refractivity contribution < 1.29 is 14.3 Å². The summed E-state index contributed by atoms with van der Waals surface area (Å²) in [5, 5.41) is 0. The number of Topliss-reactive ketones (excluding diaryl/α,β-unsaturated/α-hetero) is 1. The summed E-state index contributed by atoms with van der Waals surface area (Å²) in [6, 6.07) is 4.94. The van der Waals surface area contributed by atoms with Gasteiger partial charge in [0.2, 0.25) is 0 Å². The maximum Gasteiger partial charge on any atom is 0.156 e. The van der Waals surface area contributed by atoms with Gasteiger partial charge in [0.05, 0.1) is 19.8 Å². The molecule has 2 N–H and O–H groups in total. The third-order valence-corrected chi connectivity index (χ3v) is 2.86. The van der Waals surface area contributed by atoms with Crippen molar-refractivity contribution in [3.63, 3.8) is 0 Å². The minimum absolute atomic E-state index is 0.0664. The van der Waals surface area contributed by atoms with E-state index in [9.17, 15) is 4.79 Å². The second-order valence-corrected chi connectivity index (χ2v) is 4.58. The Labute approximate surface area is 109 Å². The van der Waals surface area contributed by atoms with E-state index in [0.717, 1.165) is 10.0 Å². The predicted octanol–water partition coefficient (Wildman–Crippen LogP) is 1.54. The lowest BCUT2D eigenvalue weighted by atomic mass is 10.0. The normalized spacial score (nSPS) is 12.2. The quantitative estimate of drug-likeness (QED) is 0.866. The summed E-state index contributed by atoms with van der Waals surface area (Å²) < 4.78 is 11.0. The number of carbonyl (C=O) groups excluding carboxylic acids is 1. The number of methoxy groups -OCH3 is 2. The van der Waals surface area contributed by atoms with Crippen LogP contribution in [0.1, 0.15) is 5.56 Å². The Kier molecular flexibility index (Phi) is 5.61. The summed E-state index contributed by atoms with van der Waals surface area (Å²) in [7, 11) is 3.10. The van der Waals surface area contributed by atoms with Crippen LogP contribution in [0.4, 0.5) is 0 Å². The lowest BCUT2D eigenvalue weighted by molar-refractivity contribution is -0.120. The molecule has 17 heavy (non-hydrogen) atoms. The van der Waals surface area contributed by atoms with Crippen molar-refractivity contribution in [1.29, 1.82) is 0 Å². The van der Waals surface area contributed by atoms with Crippen LogP contribution in [-0.4, -0.2) is 32.7 Å². The number of hydrogen-bond donors (Lipinski definition) is 1. The highest BCUT2D eigenvalue weighted by Crippen LogP contribution is 2.23. The van der Waals surface area contributed by atoms with Crippen LogP contribution in [-0.2, 0) is 16.0 Å². The molecule has 0 fully saturated rings. The zero-order chi connectivity index (χ0) is 12.8. The van der Waals surface area contributed by atoms with Crippen LogP contribution < -0.4 is 10.5 Å². The average molecular weight is 302 g/mol. The van der Waals surface area contributed by atoms with Crippen molar-refractivity contribution in [2.24, 2.45) is 5.73 Å². The largest absolute Gasteiger partial charge is 0.496 e. The van der Waals surface area contributed by atoms with Crippen LogP contribution >= 0.6 is 15.9 Å². The fraction of sp³-hybridized carbons (Fsp3) is 0.417. The number of carbonyl (C=O) groups is 1. The minimum atomic E-state index is -0.594. The molecule has 0 aliphatic heterocycles. The fourth-order valence-electron chi connectivity index (χ4n) is 1.48. The molecule has 94 valence electrons. The number of ether oxygens (including phenoxy) is 2. The Morgan fingerprint density at radius 1 is 1.47 bits per heavy atom. The molecule has 5 heteroatoms. The highest BCUT2D eigenvalue weighted by atomic mass is 79.9. The monoisotopic (exact) mass is 301 g/mol. The molecule has 0 saturated heterocycles. The highest BCUT2D eigenvalue weighted by molar-refractivity contribution is 9.10. The summed E-state index contributed by atoms with van der Waals surface area (Å²) in [6.07, 6.45) is 0.243. The molecule has 1 atom stereocenters. The second kappa shape index (κ2) is 6.74. The molecule has 1 rings (SSSR count). The molecule has 0 aliphatic rings. The van der Waals surface area contributed by atoms with E-state index in [2.05, 4.69) is 15.9 Å². The van der Waals surface area contributed by atoms with Crippen molar-refractivity contribution in [3.8, 4) is 5.75 Å². The van der Waals surface area contributed by atoms with Gasteiger partial charge in [-0.2, -0.15) is 0 Å². The van der Waals surface area contributed by atoms with Gasteiger partial charge < -0.3 is 15.2 Å². The number of rotatable bonds is 6. The summed E-state index contributed by atoms with van der Waals surface area (Å²) in [4.78, 5) is 11.8. The Morgan fingerprint density at radius 2 is 2.18 bits per heavy atom. The standard InChI is InChI=1S/C12H16BrNO3/c1-16-7-10(14)11(15)6-8-5-9(13)3-4-12(8)17-2/h3-5,10H,6-7,14H2,1-2H3. The molecule has 0 saturated carbocycles. The molecule has 1 aromatic carbocycles. The van der Waals surface area contributed by atoms with Gasteiger partial charge >= 0.3 is 0 Å². The summed E-state index contributed by atoms with van der Waals surface area (Å²) in [5.41, 5.74) is 6.50. The SMILES string of the molecule is COCC(N)C(=O)Cc1cc(Br)ccc1OC. The molecule has 0 amide bonds. The molecule has 1 unspecified atom stereocenters. The number of nitrogens with two attached hydrogens (primary N) is 1. The van der Waals surface area contributed by atoms with Gasteiger partial charge in [-0.05, 0) is 18.2 Å². The van der Waals surface area contributed by atoms with E-state index in [1.165, 1.54) is 7.11 Å². The summed E-state index contributed by atoms with van der Waals surface area (Å²) in [5.74, 6) is 0.620. The van der Waals surface area contributed by atoms with Gasteiger partial charge in [0.25, 0.3) is 0 Å². The Morgan fingerprint density at radius 3 is 2.76 bits per heavy atom. The number of ketones is 1. The molecule has 0 heterocycles. The fourth-order valence-corrected chi connectivity index (χ4v) is 1.89. The Bertz CT molecular complexity index is 395. The lowest BCUT2D eigenvalue weighted by Crippen LogP contribution is -2.36. The van der Waals surface area contributed by atoms with Crippen molar-refractivity contribution >= 4 is 21.7 Å². The van der Waals surface area contributed by atoms with Crippen LogP contribution in [0.5, 0.6) is 5.75 Å². The molecule has 0 aromatic heterocycles. The van der Waals surface area contributed by atoms with Crippen LogP contribution in [0, 0.1) is 0 Å². The Balaban J connectivity index is 2.79. The third kappa shape index (κ3) is 4.11. The van der Waals surface area contributed by atoms with Crippen molar-refractivity contribution in [1.82, 2.24) is 0 Å². The molecule has 4 nitrogen and oxygen atoms in total. The van der Waals surface area contributed by atoms with E-state index in [0.29, 0.717) is 5.75 Å². The van der Waals surface area contributed by atoms with Gasteiger partial charge in [0, 0.05) is 23.6 Å². The highest BCUT2D eigenvalue weighted by Gasteiger charge is 2.16. The van der Waals surface area contributed by atoms with Crippen molar-refractivity contribution in [2.75, 3.05) is 20.8 Å². The van der Waals surface area contributed by atoms with Crippen LogP contribution in [0.2, 0.25) is 0 Å². The zero-order valence-corrected chi connectivity index (χ0v) is 11.5.